The lowest BCUT2D eigenvalue weighted by Gasteiger charge is -2.17. The van der Waals surface area contributed by atoms with Crippen LogP contribution in [0.5, 0.6) is 5.75 Å². The summed E-state index contributed by atoms with van der Waals surface area (Å²) >= 11 is 0. The van der Waals surface area contributed by atoms with Crippen LogP contribution < -0.4 is 15.4 Å². The van der Waals surface area contributed by atoms with Crippen LogP contribution in [0, 0.1) is 19.8 Å². The molecule has 0 aliphatic carbocycles. The molecule has 1 saturated heterocycles. The van der Waals surface area contributed by atoms with Crippen molar-refractivity contribution < 1.29 is 9.47 Å². The Kier molecular flexibility index (Phi) is 7.31. The molecule has 1 aliphatic heterocycles. The van der Waals surface area contributed by atoms with Crippen LogP contribution in [0.1, 0.15) is 28.7 Å². The minimum absolute atomic E-state index is 0.491. The summed E-state index contributed by atoms with van der Waals surface area (Å²) in [7, 11) is 1.79. The Morgan fingerprint density at radius 2 is 1.89 bits per heavy atom. The molecule has 0 saturated carbocycles. The van der Waals surface area contributed by atoms with Crippen molar-refractivity contribution in [3.05, 3.63) is 64.7 Å². The second-order valence-electron chi connectivity index (χ2n) is 7.36. The molecule has 28 heavy (non-hydrogen) atoms. The van der Waals surface area contributed by atoms with Gasteiger partial charge in [0.1, 0.15) is 5.75 Å². The molecule has 2 aromatic carbocycles. The average Bonchev–Trinajstić information content (AvgIpc) is 3.22. The minimum Gasteiger partial charge on any atom is -0.493 e. The lowest BCUT2D eigenvalue weighted by atomic mass is 10.1. The molecule has 1 atom stereocenters. The predicted octanol–water partition coefficient (Wildman–Crippen LogP) is 3.58. The lowest BCUT2D eigenvalue weighted by Crippen LogP contribution is -2.36. The maximum absolute atomic E-state index is 6.13. The van der Waals surface area contributed by atoms with Crippen LogP contribution in [-0.4, -0.2) is 32.8 Å². The van der Waals surface area contributed by atoms with E-state index in [-0.39, 0.29) is 0 Å². The number of benzene rings is 2. The summed E-state index contributed by atoms with van der Waals surface area (Å²) in [6.45, 7) is 7.96. The second kappa shape index (κ2) is 10.1. The Balaban J connectivity index is 1.56. The number of nitrogens with zero attached hydrogens (tertiary/aromatic N) is 1. The quantitative estimate of drug-likeness (QED) is 0.569. The van der Waals surface area contributed by atoms with E-state index in [9.17, 15) is 0 Å². The summed E-state index contributed by atoms with van der Waals surface area (Å²) in [5.74, 6) is 2.21. The molecule has 150 valence electrons. The highest BCUT2D eigenvalue weighted by atomic mass is 16.5. The van der Waals surface area contributed by atoms with Gasteiger partial charge in [-0.3, -0.25) is 4.99 Å². The van der Waals surface area contributed by atoms with Gasteiger partial charge in [-0.1, -0.05) is 36.4 Å². The first-order chi connectivity index (χ1) is 13.7. The molecule has 2 aromatic rings. The highest BCUT2D eigenvalue weighted by Gasteiger charge is 2.17. The van der Waals surface area contributed by atoms with Gasteiger partial charge in [0.05, 0.1) is 13.2 Å². The molecule has 0 bridgehead atoms. The number of aliphatic imine (C=N–C) groups is 1. The summed E-state index contributed by atoms with van der Waals surface area (Å²) in [6.07, 6.45) is 1.08. The minimum atomic E-state index is 0.491. The van der Waals surface area contributed by atoms with Gasteiger partial charge in [0.15, 0.2) is 5.96 Å². The zero-order chi connectivity index (χ0) is 19.8. The van der Waals surface area contributed by atoms with Gasteiger partial charge < -0.3 is 20.1 Å². The summed E-state index contributed by atoms with van der Waals surface area (Å²) in [5, 5.41) is 6.78. The molecule has 1 unspecified atom stereocenters. The molecule has 2 N–H and O–H groups in total. The Labute approximate surface area is 168 Å². The highest BCUT2D eigenvalue weighted by Crippen LogP contribution is 2.22. The number of hydrogen-bond acceptors (Lipinski definition) is 3. The van der Waals surface area contributed by atoms with E-state index in [0.29, 0.717) is 19.1 Å². The predicted molar refractivity (Wildman–Crippen MR) is 114 cm³/mol. The van der Waals surface area contributed by atoms with Gasteiger partial charge in [0, 0.05) is 38.2 Å². The summed E-state index contributed by atoms with van der Waals surface area (Å²) in [4.78, 5) is 4.34. The summed E-state index contributed by atoms with van der Waals surface area (Å²) in [5.41, 5.74) is 4.87. The lowest BCUT2D eigenvalue weighted by molar-refractivity contribution is 0.166. The normalized spacial score (nSPS) is 16.8. The standard InChI is InChI=1S/C23H31N3O2/c1-17-8-9-21(22(12-17)28-16-19-10-11-27-15-19)14-26-23(24-3)25-13-20-7-5-4-6-18(20)2/h4-9,12,19H,10-11,13-16H2,1-3H3,(H2,24,25,26). The molecule has 0 spiro atoms. The van der Waals surface area contributed by atoms with Crippen molar-refractivity contribution in [2.24, 2.45) is 10.9 Å². The van der Waals surface area contributed by atoms with Crippen LogP contribution in [0.2, 0.25) is 0 Å². The largest absolute Gasteiger partial charge is 0.493 e. The van der Waals surface area contributed by atoms with Crippen LogP contribution in [0.3, 0.4) is 0 Å². The molecule has 1 aliphatic rings. The van der Waals surface area contributed by atoms with Crippen LogP contribution in [-0.2, 0) is 17.8 Å². The maximum Gasteiger partial charge on any atom is 0.191 e. The first-order valence-electron chi connectivity index (χ1n) is 9.95. The van der Waals surface area contributed by atoms with Gasteiger partial charge in [-0.15, -0.1) is 0 Å². The molecule has 0 amide bonds. The van der Waals surface area contributed by atoms with Crippen LogP contribution in [0.4, 0.5) is 0 Å². The Morgan fingerprint density at radius 3 is 2.61 bits per heavy atom. The smallest absolute Gasteiger partial charge is 0.191 e. The van der Waals surface area contributed by atoms with Gasteiger partial charge in [-0.2, -0.15) is 0 Å². The molecular weight excluding hydrogens is 350 g/mol. The molecular formula is C23H31N3O2. The van der Waals surface area contributed by atoms with E-state index in [1.54, 1.807) is 7.05 Å². The molecule has 1 heterocycles. The van der Waals surface area contributed by atoms with Gasteiger partial charge in [-0.05, 0) is 43.0 Å². The van der Waals surface area contributed by atoms with Gasteiger partial charge in [0.2, 0.25) is 0 Å². The van der Waals surface area contributed by atoms with Crippen molar-refractivity contribution in [2.45, 2.75) is 33.4 Å². The average molecular weight is 382 g/mol. The summed E-state index contributed by atoms with van der Waals surface area (Å²) < 4.78 is 11.6. The Hall–Kier alpha value is -2.53. The third kappa shape index (κ3) is 5.73. The first-order valence-corrected chi connectivity index (χ1v) is 9.95. The first kappa shape index (κ1) is 20.2. The number of guanidine groups is 1. The third-order valence-electron chi connectivity index (χ3n) is 5.10. The molecule has 0 radical (unpaired) electrons. The molecule has 0 aromatic heterocycles. The SMILES string of the molecule is CN=C(NCc1ccccc1C)NCc1ccc(C)cc1OCC1CCOC1. The van der Waals surface area contributed by atoms with Crippen molar-refractivity contribution in [2.75, 3.05) is 26.9 Å². The number of nitrogens with one attached hydrogen (secondary N) is 2. The fraction of sp³-hybridized carbons (Fsp3) is 0.435. The van der Waals surface area contributed by atoms with Crippen LogP contribution in [0.25, 0.3) is 0 Å². The van der Waals surface area contributed by atoms with Crippen molar-refractivity contribution in [3.63, 3.8) is 0 Å². The van der Waals surface area contributed by atoms with E-state index in [0.717, 1.165) is 43.5 Å². The van der Waals surface area contributed by atoms with E-state index >= 15 is 0 Å². The molecule has 5 nitrogen and oxygen atoms in total. The van der Waals surface area contributed by atoms with Crippen molar-refractivity contribution in [3.8, 4) is 5.75 Å². The molecule has 1 fully saturated rings. The highest BCUT2D eigenvalue weighted by molar-refractivity contribution is 5.79. The fourth-order valence-corrected chi connectivity index (χ4v) is 3.25. The number of ether oxygens (including phenoxy) is 2. The summed E-state index contributed by atoms with van der Waals surface area (Å²) in [6, 6.07) is 14.7. The Morgan fingerprint density at radius 1 is 1.11 bits per heavy atom. The van der Waals surface area contributed by atoms with Crippen molar-refractivity contribution >= 4 is 5.96 Å². The number of hydrogen-bond donors (Lipinski definition) is 2. The monoisotopic (exact) mass is 381 g/mol. The zero-order valence-electron chi connectivity index (χ0n) is 17.1. The van der Waals surface area contributed by atoms with E-state index < -0.39 is 0 Å². The van der Waals surface area contributed by atoms with E-state index in [4.69, 9.17) is 9.47 Å². The van der Waals surface area contributed by atoms with E-state index in [1.165, 1.54) is 16.7 Å². The van der Waals surface area contributed by atoms with Gasteiger partial charge in [-0.25, -0.2) is 0 Å². The van der Waals surface area contributed by atoms with Crippen LogP contribution >= 0.6 is 0 Å². The number of rotatable bonds is 7. The number of aryl methyl sites for hydroxylation is 2. The topological polar surface area (TPSA) is 54.9 Å². The fourth-order valence-electron chi connectivity index (χ4n) is 3.25. The maximum atomic E-state index is 6.13. The van der Waals surface area contributed by atoms with Crippen LogP contribution in [0.15, 0.2) is 47.5 Å². The van der Waals surface area contributed by atoms with Gasteiger partial charge in [0.25, 0.3) is 0 Å². The second-order valence-corrected chi connectivity index (χ2v) is 7.36. The molecule has 5 heteroatoms. The van der Waals surface area contributed by atoms with E-state index in [2.05, 4.69) is 71.9 Å². The van der Waals surface area contributed by atoms with E-state index in [1.807, 2.05) is 0 Å². The van der Waals surface area contributed by atoms with Gasteiger partial charge >= 0.3 is 0 Å². The van der Waals surface area contributed by atoms with Crippen molar-refractivity contribution in [1.82, 2.24) is 10.6 Å². The van der Waals surface area contributed by atoms with Crippen molar-refractivity contribution in [1.29, 1.82) is 0 Å². The zero-order valence-corrected chi connectivity index (χ0v) is 17.1. The Bertz CT molecular complexity index is 798. The molecule has 3 rings (SSSR count). The third-order valence-corrected chi connectivity index (χ3v) is 5.10.